The van der Waals surface area contributed by atoms with Crippen molar-refractivity contribution < 1.29 is 19.4 Å². The summed E-state index contributed by atoms with van der Waals surface area (Å²) in [5.41, 5.74) is 4.61. The number of ether oxygens (including phenoxy) is 1. The van der Waals surface area contributed by atoms with E-state index in [4.69, 9.17) is 4.74 Å². The molecule has 1 saturated heterocycles. The number of rotatable bonds is 5. The monoisotopic (exact) mass is 453 g/mol. The van der Waals surface area contributed by atoms with E-state index >= 15 is 0 Å². The number of nitrogens with zero attached hydrogens (tertiary/aromatic N) is 1. The topological polar surface area (TPSA) is 66.8 Å². The van der Waals surface area contributed by atoms with Crippen LogP contribution in [0.25, 0.3) is 5.76 Å². The van der Waals surface area contributed by atoms with Gasteiger partial charge in [0, 0.05) is 18.5 Å². The first-order valence-corrected chi connectivity index (χ1v) is 11.6. The lowest BCUT2D eigenvalue weighted by Gasteiger charge is -2.25. The number of amides is 1. The molecule has 0 aliphatic carbocycles. The molecule has 0 saturated carbocycles. The molecular formula is C29H27NO4. The van der Waals surface area contributed by atoms with Crippen LogP contribution in [0.5, 0.6) is 5.75 Å². The number of aryl methyl sites for hydroxylation is 1. The molecule has 2 aliphatic rings. The summed E-state index contributed by atoms with van der Waals surface area (Å²) in [5, 5.41) is 11.3. The van der Waals surface area contributed by atoms with Gasteiger partial charge in [0.25, 0.3) is 11.7 Å². The molecule has 2 heterocycles. The van der Waals surface area contributed by atoms with Crippen LogP contribution in [0.2, 0.25) is 0 Å². The van der Waals surface area contributed by atoms with Gasteiger partial charge >= 0.3 is 0 Å². The summed E-state index contributed by atoms with van der Waals surface area (Å²) >= 11 is 0. The number of ketones is 1. The van der Waals surface area contributed by atoms with Crippen LogP contribution in [-0.4, -0.2) is 34.3 Å². The second kappa shape index (κ2) is 8.82. The smallest absolute Gasteiger partial charge is 0.295 e. The Labute approximate surface area is 199 Å². The van der Waals surface area contributed by atoms with Gasteiger partial charge in [0.05, 0.1) is 11.6 Å². The Bertz CT molecular complexity index is 1280. The van der Waals surface area contributed by atoms with Gasteiger partial charge in [-0.2, -0.15) is 0 Å². The molecule has 172 valence electrons. The lowest BCUT2D eigenvalue weighted by atomic mass is 9.94. The molecule has 2 unspecified atom stereocenters. The lowest BCUT2D eigenvalue weighted by molar-refractivity contribution is -0.139. The Hall–Kier alpha value is -3.86. The summed E-state index contributed by atoms with van der Waals surface area (Å²) in [4.78, 5) is 28.0. The zero-order valence-corrected chi connectivity index (χ0v) is 19.3. The van der Waals surface area contributed by atoms with Gasteiger partial charge in [-0.3, -0.25) is 9.59 Å². The van der Waals surface area contributed by atoms with Crippen LogP contribution in [-0.2, 0) is 22.4 Å². The van der Waals surface area contributed by atoms with E-state index in [0.29, 0.717) is 18.5 Å². The standard InChI is InChI=1S/C29H27NO4/c1-18-8-10-21(11-9-18)26-25(27(31)22-12-13-24-23(17-22)16-19(2)34-24)28(32)29(33)30(26)15-14-20-6-4-3-5-7-20/h3-13,17,19,26,31H,14-16H2,1-2H3/b27-25-. The van der Waals surface area contributed by atoms with E-state index in [-0.39, 0.29) is 17.4 Å². The van der Waals surface area contributed by atoms with Crippen LogP contribution >= 0.6 is 0 Å². The van der Waals surface area contributed by atoms with Crippen molar-refractivity contribution in [3.8, 4) is 5.75 Å². The third-order valence-electron chi connectivity index (χ3n) is 6.59. The van der Waals surface area contributed by atoms with Crippen molar-refractivity contribution in [3.05, 3.63) is 106 Å². The molecule has 34 heavy (non-hydrogen) atoms. The van der Waals surface area contributed by atoms with Crippen molar-refractivity contribution in [2.45, 2.75) is 38.8 Å². The van der Waals surface area contributed by atoms with Gasteiger partial charge in [-0.25, -0.2) is 0 Å². The van der Waals surface area contributed by atoms with Crippen molar-refractivity contribution in [1.29, 1.82) is 0 Å². The fourth-order valence-corrected chi connectivity index (χ4v) is 4.83. The number of hydrogen-bond donors (Lipinski definition) is 1. The predicted molar refractivity (Wildman–Crippen MR) is 131 cm³/mol. The summed E-state index contributed by atoms with van der Waals surface area (Å²) in [7, 11) is 0. The first kappa shape index (κ1) is 22.0. The quantitative estimate of drug-likeness (QED) is 0.336. The van der Waals surface area contributed by atoms with Crippen LogP contribution < -0.4 is 4.74 Å². The number of Topliss-reactive ketones (excluding diaryl/α,β-unsaturated/α-hetero) is 1. The van der Waals surface area contributed by atoms with Crippen LogP contribution in [0, 0.1) is 6.92 Å². The van der Waals surface area contributed by atoms with Crippen LogP contribution in [0.15, 0.2) is 78.4 Å². The highest BCUT2D eigenvalue weighted by molar-refractivity contribution is 6.46. The minimum absolute atomic E-state index is 0.0727. The Balaban J connectivity index is 1.57. The number of aliphatic hydroxyl groups excluding tert-OH is 1. The number of carbonyl (C=O) groups excluding carboxylic acids is 2. The van der Waals surface area contributed by atoms with Gasteiger partial charge in [-0.1, -0.05) is 60.2 Å². The maximum Gasteiger partial charge on any atom is 0.295 e. The molecule has 0 radical (unpaired) electrons. The second-order valence-electron chi connectivity index (χ2n) is 9.09. The molecule has 3 aromatic carbocycles. The van der Waals surface area contributed by atoms with E-state index in [1.54, 1.807) is 11.0 Å². The van der Waals surface area contributed by atoms with Crippen LogP contribution in [0.4, 0.5) is 0 Å². The third kappa shape index (κ3) is 3.98. The molecule has 5 rings (SSSR count). The lowest BCUT2D eigenvalue weighted by Crippen LogP contribution is -2.31. The summed E-state index contributed by atoms with van der Waals surface area (Å²) in [6.45, 7) is 4.36. The van der Waals surface area contributed by atoms with Crippen molar-refractivity contribution in [2.75, 3.05) is 6.54 Å². The predicted octanol–water partition coefficient (Wildman–Crippen LogP) is 4.98. The zero-order chi connectivity index (χ0) is 23.8. The normalized spacial score (nSPS) is 20.9. The molecule has 1 amide bonds. The maximum atomic E-state index is 13.2. The average Bonchev–Trinajstić information content (AvgIpc) is 3.34. The first-order chi connectivity index (χ1) is 16.4. The molecule has 2 atom stereocenters. The van der Waals surface area contributed by atoms with E-state index in [1.165, 1.54) is 0 Å². The fraction of sp³-hybridized carbons (Fsp3) is 0.241. The van der Waals surface area contributed by atoms with Gasteiger partial charge < -0.3 is 14.7 Å². The molecule has 0 spiro atoms. The third-order valence-corrected chi connectivity index (χ3v) is 6.59. The largest absolute Gasteiger partial charge is 0.507 e. The van der Waals surface area contributed by atoms with Crippen molar-refractivity contribution in [3.63, 3.8) is 0 Å². The van der Waals surface area contributed by atoms with Gasteiger partial charge in [0.15, 0.2) is 0 Å². The number of hydrogen-bond acceptors (Lipinski definition) is 4. The first-order valence-electron chi connectivity index (χ1n) is 11.6. The highest BCUT2D eigenvalue weighted by atomic mass is 16.5. The van der Waals surface area contributed by atoms with E-state index in [2.05, 4.69) is 0 Å². The number of aliphatic hydroxyl groups is 1. The number of fused-ring (bicyclic) bond motifs is 1. The SMILES string of the molecule is Cc1ccc(C2/C(=C(/O)c3ccc4c(c3)CC(C)O4)C(=O)C(=O)N2CCc2ccccc2)cc1. The van der Waals surface area contributed by atoms with Gasteiger partial charge in [-0.15, -0.1) is 0 Å². The second-order valence-corrected chi connectivity index (χ2v) is 9.09. The summed E-state index contributed by atoms with van der Waals surface area (Å²) < 4.78 is 5.77. The molecule has 1 fully saturated rings. The van der Waals surface area contributed by atoms with E-state index < -0.39 is 17.7 Å². The number of likely N-dealkylation sites (tertiary alicyclic amines) is 1. The Kier molecular flexibility index (Phi) is 5.70. The number of carbonyl (C=O) groups is 2. The molecule has 0 aromatic heterocycles. The summed E-state index contributed by atoms with van der Waals surface area (Å²) in [6.07, 6.45) is 1.43. The van der Waals surface area contributed by atoms with E-state index in [0.717, 1.165) is 34.4 Å². The van der Waals surface area contributed by atoms with E-state index in [9.17, 15) is 14.7 Å². The van der Waals surface area contributed by atoms with Crippen molar-refractivity contribution in [2.24, 2.45) is 0 Å². The molecule has 5 heteroatoms. The van der Waals surface area contributed by atoms with Crippen molar-refractivity contribution in [1.82, 2.24) is 4.90 Å². The molecule has 3 aromatic rings. The Morgan fingerprint density at radius 3 is 2.50 bits per heavy atom. The zero-order valence-electron chi connectivity index (χ0n) is 19.3. The summed E-state index contributed by atoms with van der Waals surface area (Å²) in [6, 6.07) is 22.4. The molecule has 1 N–H and O–H groups in total. The molecule has 0 bridgehead atoms. The molecule has 2 aliphatic heterocycles. The van der Waals surface area contributed by atoms with Crippen molar-refractivity contribution >= 4 is 17.4 Å². The van der Waals surface area contributed by atoms with E-state index in [1.807, 2.05) is 80.6 Å². The van der Waals surface area contributed by atoms with Gasteiger partial charge in [-0.05, 0) is 55.2 Å². The van der Waals surface area contributed by atoms with Crippen LogP contribution in [0.1, 0.15) is 40.8 Å². The summed E-state index contributed by atoms with van der Waals surface area (Å²) in [5.74, 6) is -0.585. The molecule has 5 nitrogen and oxygen atoms in total. The minimum Gasteiger partial charge on any atom is -0.507 e. The van der Waals surface area contributed by atoms with Gasteiger partial charge in [0.1, 0.15) is 17.6 Å². The maximum absolute atomic E-state index is 13.2. The molecular weight excluding hydrogens is 426 g/mol. The average molecular weight is 454 g/mol. The van der Waals surface area contributed by atoms with Gasteiger partial charge in [0.2, 0.25) is 0 Å². The minimum atomic E-state index is -0.652. The Morgan fingerprint density at radius 2 is 1.76 bits per heavy atom. The fourth-order valence-electron chi connectivity index (χ4n) is 4.83. The van der Waals surface area contributed by atoms with Crippen LogP contribution in [0.3, 0.4) is 0 Å². The highest BCUT2D eigenvalue weighted by Crippen LogP contribution is 2.40. The Morgan fingerprint density at radius 1 is 1.03 bits per heavy atom. The number of benzene rings is 3. The highest BCUT2D eigenvalue weighted by Gasteiger charge is 2.45.